The van der Waals surface area contributed by atoms with Crippen LogP contribution in [0.3, 0.4) is 0 Å². The number of nitrogens with two attached hydrogens (primary N) is 1. The van der Waals surface area contributed by atoms with Crippen LogP contribution in [0.25, 0.3) is 0 Å². The van der Waals surface area contributed by atoms with E-state index >= 15 is 0 Å². The Morgan fingerprint density at radius 2 is 1.74 bits per heavy atom. The van der Waals surface area contributed by atoms with Gasteiger partial charge in [-0.15, -0.1) is 0 Å². The summed E-state index contributed by atoms with van der Waals surface area (Å²) in [5, 5.41) is 3.46. The summed E-state index contributed by atoms with van der Waals surface area (Å²) in [4.78, 5) is 0. The molecule has 0 amide bonds. The van der Waals surface area contributed by atoms with Crippen LogP contribution in [0, 0.1) is 5.82 Å². The van der Waals surface area contributed by atoms with E-state index in [1.54, 1.807) is 6.07 Å². The van der Waals surface area contributed by atoms with Gasteiger partial charge in [0.15, 0.2) is 11.6 Å². The molecule has 0 unspecified atom stereocenters. The Kier molecular flexibility index (Phi) is 5.45. The third-order valence-electron chi connectivity index (χ3n) is 3.83. The highest BCUT2D eigenvalue weighted by Crippen LogP contribution is 2.33. The molecule has 0 saturated heterocycles. The number of hydrogen-bond donors (Lipinski definition) is 2. The van der Waals surface area contributed by atoms with Gasteiger partial charge in [-0.1, -0.05) is 20.8 Å². The molecule has 1 aromatic rings. The summed E-state index contributed by atoms with van der Waals surface area (Å²) < 4.78 is 18.9. The number of halogens is 1. The molecule has 1 aromatic carbocycles. The Morgan fingerprint density at radius 1 is 1.16 bits per heavy atom. The number of rotatable bonds is 7. The molecule has 0 aliphatic heterocycles. The standard InChI is InChI=1S/C15H25FN2O/c1-5-15(6-2,7-3)18-13-10-14(19-8-4)11(16)9-12(13)17/h9-10,18H,5-8,17H2,1-4H3. The van der Waals surface area contributed by atoms with Crippen molar-refractivity contribution < 1.29 is 9.13 Å². The van der Waals surface area contributed by atoms with E-state index in [1.807, 2.05) is 6.92 Å². The van der Waals surface area contributed by atoms with Gasteiger partial charge in [-0.25, -0.2) is 4.39 Å². The number of benzene rings is 1. The number of nitrogens with one attached hydrogen (secondary N) is 1. The number of anilines is 2. The maximum atomic E-state index is 13.7. The van der Waals surface area contributed by atoms with Crippen molar-refractivity contribution in [2.45, 2.75) is 52.5 Å². The van der Waals surface area contributed by atoms with Crippen LogP contribution < -0.4 is 15.8 Å². The number of nitrogen functional groups attached to an aromatic ring is 1. The van der Waals surface area contributed by atoms with Crippen LogP contribution in [0.5, 0.6) is 5.75 Å². The summed E-state index contributed by atoms with van der Waals surface area (Å²) in [5.74, 6) is -0.170. The summed E-state index contributed by atoms with van der Waals surface area (Å²) in [6.07, 6.45) is 2.96. The highest BCUT2D eigenvalue weighted by molar-refractivity contribution is 5.69. The Morgan fingerprint density at radius 3 is 2.21 bits per heavy atom. The van der Waals surface area contributed by atoms with Crippen LogP contribution in [0.15, 0.2) is 12.1 Å². The monoisotopic (exact) mass is 268 g/mol. The molecular weight excluding hydrogens is 243 g/mol. The Labute approximate surface area is 115 Å². The lowest BCUT2D eigenvalue weighted by Crippen LogP contribution is -2.36. The molecule has 0 aromatic heterocycles. The first-order chi connectivity index (χ1) is 9.01. The quantitative estimate of drug-likeness (QED) is 0.729. The van der Waals surface area contributed by atoms with Gasteiger partial charge in [-0.2, -0.15) is 0 Å². The van der Waals surface area contributed by atoms with Crippen molar-refractivity contribution in [3.63, 3.8) is 0 Å². The van der Waals surface area contributed by atoms with Gasteiger partial charge >= 0.3 is 0 Å². The number of hydrogen-bond acceptors (Lipinski definition) is 3. The molecule has 0 fully saturated rings. The maximum absolute atomic E-state index is 13.7. The zero-order chi connectivity index (χ0) is 14.5. The first kappa shape index (κ1) is 15.6. The van der Waals surface area contributed by atoms with Crippen molar-refractivity contribution >= 4 is 11.4 Å². The fourth-order valence-electron chi connectivity index (χ4n) is 2.24. The largest absolute Gasteiger partial charge is 0.491 e. The average Bonchev–Trinajstić information content (AvgIpc) is 2.41. The van der Waals surface area contributed by atoms with Gasteiger partial charge in [0.2, 0.25) is 0 Å². The van der Waals surface area contributed by atoms with Crippen molar-refractivity contribution in [1.82, 2.24) is 0 Å². The van der Waals surface area contributed by atoms with Crippen LogP contribution in [-0.4, -0.2) is 12.1 Å². The second-order valence-electron chi connectivity index (χ2n) is 4.77. The van der Waals surface area contributed by atoms with Gasteiger partial charge in [0, 0.05) is 17.7 Å². The highest BCUT2D eigenvalue weighted by atomic mass is 19.1. The second-order valence-corrected chi connectivity index (χ2v) is 4.77. The Hall–Kier alpha value is -1.45. The minimum atomic E-state index is -0.417. The molecule has 108 valence electrons. The lowest BCUT2D eigenvalue weighted by molar-refractivity contribution is 0.321. The third kappa shape index (κ3) is 3.52. The van der Waals surface area contributed by atoms with Crippen LogP contribution in [0.4, 0.5) is 15.8 Å². The minimum absolute atomic E-state index is 0.00453. The summed E-state index contributed by atoms with van der Waals surface area (Å²) >= 11 is 0. The van der Waals surface area contributed by atoms with Gasteiger partial charge in [-0.05, 0) is 26.2 Å². The molecule has 0 bridgehead atoms. The molecule has 0 saturated carbocycles. The molecule has 0 aliphatic carbocycles. The van der Waals surface area contributed by atoms with E-state index in [0.29, 0.717) is 12.3 Å². The van der Waals surface area contributed by atoms with Crippen LogP contribution in [0.1, 0.15) is 47.0 Å². The molecule has 3 N–H and O–H groups in total. The molecule has 0 atom stereocenters. The molecule has 19 heavy (non-hydrogen) atoms. The van der Waals surface area contributed by atoms with Crippen LogP contribution in [0.2, 0.25) is 0 Å². The molecule has 1 rings (SSSR count). The lowest BCUT2D eigenvalue weighted by Gasteiger charge is -2.33. The third-order valence-corrected chi connectivity index (χ3v) is 3.83. The first-order valence-electron chi connectivity index (χ1n) is 7.01. The predicted molar refractivity (Wildman–Crippen MR) is 79.2 cm³/mol. The van der Waals surface area contributed by atoms with Crippen molar-refractivity contribution in [2.24, 2.45) is 0 Å². The minimum Gasteiger partial charge on any atom is -0.491 e. The SMILES string of the molecule is CCOc1cc(NC(CC)(CC)CC)c(N)cc1F. The Balaban J connectivity index is 3.09. The zero-order valence-electron chi connectivity index (χ0n) is 12.3. The molecule has 0 heterocycles. The summed E-state index contributed by atoms with van der Waals surface area (Å²) in [6, 6.07) is 2.98. The van der Waals surface area contributed by atoms with E-state index < -0.39 is 5.82 Å². The van der Waals surface area contributed by atoms with Gasteiger partial charge in [0.25, 0.3) is 0 Å². The van der Waals surface area contributed by atoms with E-state index in [2.05, 4.69) is 26.1 Å². The van der Waals surface area contributed by atoms with E-state index in [-0.39, 0.29) is 11.3 Å². The van der Waals surface area contributed by atoms with Gasteiger partial charge in [-0.3, -0.25) is 0 Å². The fraction of sp³-hybridized carbons (Fsp3) is 0.600. The topological polar surface area (TPSA) is 47.3 Å². The average molecular weight is 268 g/mol. The molecule has 0 aliphatic rings. The van der Waals surface area contributed by atoms with Crippen molar-refractivity contribution in [3.8, 4) is 5.75 Å². The highest BCUT2D eigenvalue weighted by Gasteiger charge is 2.24. The normalized spacial score (nSPS) is 11.4. The smallest absolute Gasteiger partial charge is 0.167 e. The molecular formula is C15H25FN2O. The van der Waals surface area contributed by atoms with E-state index in [9.17, 15) is 4.39 Å². The molecule has 0 spiro atoms. The van der Waals surface area contributed by atoms with Gasteiger partial charge in [0.1, 0.15) is 0 Å². The van der Waals surface area contributed by atoms with E-state index in [1.165, 1.54) is 6.07 Å². The zero-order valence-corrected chi connectivity index (χ0v) is 12.3. The maximum Gasteiger partial charge on any atom is 0.167 e. The van der Waals surface area contributed by atoms with E-state index in [0.717, 1.165) is 24.9 Å². The first-order valence-corrected chi connectivity index (χ1v) is 7.01. The van der Waals surface area contributed by atoms with Crippen molar-refractivity contribution in [1.29, 1.82) is 0 Å². The van der Waals surface area contributed by atoms with Gasteiger partial charge < -0.3 is 15.8 Å². The summed E-state index contributed by atoms with van der Waals surface area (Å²) in [5.41, 5.74) is 7.06. The van der Waals surface area contributed by atoms with E-state index in [4.69, 9.17) is 10.5 Å². The van der Waals surface area contributed by atoms with Crippen LogP contribution >= 0.6 is 0 Å². The van der Waals surface area contributed by atoms with Crippen LogP contribution in [-0.2, 0) is 0 Å². The van der Waals surface area contributed by atoms with Gasteiger partial charge in [0.05, 0.1) is 18.0 Å². The summed E-state index contributed by atoms with van der Waals surface area (Å²) in [6.45, 7) is 8.69. The summed E-state index contributed by atoms with van der Waals surface area (Å²) in [7, 11) is 0. The molecule has 4 heteroatoms. The number of ether oxygens (including phenoxy) is 1. The van der Waals surface area contributed by atoms with Crippen molar-refractivity contribution in [3.05, 3.63) is 17.9 Å². The molecule has 0 radical (unpaired) electrons. The molecule has 3 nitrogen and oxygen atoms in total. The predicted octanol–water partition coefficient (Wildman–Crippen LogP) is 4.19. The fourth-order valence-corrected chi connectivity index (χ4v) is 2.24. The lowest BCUT2D eigenvalue weighted by atomic mass is 9.89. The second kappa shape index (κ2) is 6.64. The van der Waals surface area contributed by atoms with Crippen molar-refractivity contribution in [2.75, 3.05) is 17.7 Å². The Bertz CT molecular complexity index is 409.